The lowest BCUT2D eigenvalue weighted by molar-refractivity contribution is 0.564. The molecule has 2 aromatic carbocycles. The van der Waals surface area contributed by atoms with Gasteiger partial charge < -0.3 is 4.55 Å². The van der Waals surface area contributed by atoms with Gasteiger partial charge in [0, 0.05) is 5.02 Å². The normalized spacial score (nSPS) is 13.0. The Bertz CT molecular complexity index is 510. The topological polar surface area (TPSA) is 37.3 Å². The minimum absolute atomic E-state index is 0.403. The number of fused-ring (bicyclic) bond motifs is 1. The Balaban J connectivity index is 2.67. The van der Waals surface area contributed by atoms with Gasteiger partial charge in [0.2, 0.25) is 0 Å². The fourth-order valence-corrected chi connectivity index (χ4v) is 1.90. The van der Waals surface area contributed by atoms with E-state index in [1.807, 2.05) is 12.1 Å². The summed E-state index contributed by atoms with van der Waals surface area (Å²) in [6, 6.07) is 10.5. The quantitative estimate of drug-likeness (QED) is 0.759. The highest BCUT2D eigenvalue weighted by atomic mass is 35.5. The molecule has 0 aliphatic rings. The second-order valence-corrected chi connectivity index (χ2v) is 4.31. The standard InChI is InChI=1S/C10H7ClO2S/c11-9-3-1-8-6-10(14(12)13)4-2-7(8)5-9/h1-6H,(H,12,13). The number of benzene rings is 2. The molecule has 72 valence electrons. The summed E-state index contributed by atoms with van der Waals surface area (Å²) in [6.45, 7) is 0. The predicted octanol–water partition coefficient (Wildman–Crippen LogP) is 3.07. The minimum atomic E-state index is -1.92. The van der Waals surface area contributed by atoms with E-state index >= 15 is 0 Å². The molecule has 0 aliphatic carbocycles. The van der Waals surface area contributed by atoms with E-state index in [-0.39, 0.29) is 0 Å². The highest BCUT2D eigenvalue weighted by Crippen LogP contribution is 2.21. The van der Waals surface area contributed by atoms with Gasteiger partial charge in [0.25, 0.3) is 0 Å². The van der Waals surface area contributed by atoms with Crippen LogP contribution in [0.5, 0.6) is 0 Å². The summed E-state index contributed by atoms with van der Waals surface area (Å²) >= 11 is 3.89. The van der Waals surface area contributed by atoms with Gasteiger partial charge in [-0.3, -0.25) is 0 Å². The van der Waals surface area contributed by atoms with Crippen LogP contribution in [0.15, 0.2) is 41.3 Å². The van der Waals surface area contributed by atoms with Crippen LogP contribution >= 0.6 is 11.6 Å². The molecule has 14 heavy (non-hydrogen) atoms. The molecule has 2 rings (SSSR count). The number of hydrogen-bond donors (Lipinski definition) is 1. The molecular weight excluding hydrogens is 220 g/mol. The van der Waals surface area contributed by atoms with Crippen molar-refractivity contribution >= 4 is 33.5 Å². The van der Waals surface area contributed by atoms with Crippen molar-refractivity contribution in [1.29, 1.82) is 0 Å². The van der Waals surface area contributed by atoms with Gasteiger partial charge in [0.15, 0.2) is 11.1 Å². The summed E-state index contributed by atoms with van der Waals surface area (Å²) in [7, 11) is 0. The maximum absolute atomic E-state index is 10.8. The van der Waals surface area contributed by atoms with E-state index < -0.39 is 11.1 Å². The van der Waals surface area contributed by atoms with Gasteiger partial charge in [-0.05, 0) is 35.0 Å². The summed E-state index contributed by atoms with van der Waals surface area (Å²) in [5.41, 5.74) is 0. The van der Waals surface area contributed by atoms with E-state index in [1.165, 1.54) is 0 Å². The van der Waals surface area contributed by atoms with Gasteiger partial charge >= 0.3 is 0 Å². The summed E-state index contributed by atoms with van der Waals surface area (Å²) < 4.78 is 19.7. The summed E-state index contributed by atoms with van der Waals surface area (Å²) in [6.07, 6.45) is 0. The third-order valence-corrected chi connectivity index (χ3v) is 2.87. The van der Waals surface area contributed by atoms with Gasteiger partial charge in [0.1, 0.15) is 0 Å². The predicted molar refractivity (Wildman–Crippen MR) is 58.0 cm³/mol. The summed E-state index contributed by atoms with van der Waals surface area (Å²) in [5, 5.41) is 2.54. The molecule has 1 unspecified atom stereocenters. The highest BCUT2D eigenvalue weighted by molar-refractivity contribution is 7.79. The third-order valence-electron chi connectivity index (χ3n) is 1.98. The largest absolute Gasteiger partial charge is 0.302 e. The first-order valence-electron chi connectivity index (χ1n) is 3.97. The first-order chi connectivity index (χ1) is 6.66. The minimum Gasteiger partial charge on any atom is -0.302 e. The van der Waals surface area contributed by atoms with Gasteiger partial charge in [-0.15, -0.1) is 0 Å². The lowest BCUT2D eigenvalue weighted by atomic mass is 10.1. The first kappa shape index (κ1) is 9.65. The van der Waals surface area contributed by atoms with Crippen molar-refractivity contribution in [2.24, 2.45) is 0 Å². The molecule has 1 atom stereocenters. The van der Waals surface area contributed by atoms with Gasteiger partial charge in [-0.2, -0.15) is 0 Å². The molecule has 0 saturated heterocycles. The summed E-state index contributed by atoms with van der Waals surface area (Å²) in [5.74, 6) is 0. The van der Waals surface area contributed by atoms with Crippen molar-refractivity contribution in [3.8, 4) is 0 Å². The van der Waals surface area contributed by atoms with E-state index in [1.54, 1.807) is 24.3 Å². The lowest BCUT2D eigenvalue weighted by Gasteiger charge is -2.00. The van der Waals surface area contributed by atoms with E-state index in [4.69, 9.17) is 16.2 Å². The van der Waals surface area contributed by atoms with Crippen LogP contribution in [0.2, 0.25) is 5.02 Å². The van der Waals surface area contributed by atoms with Crippen molar-refractivity contribution in [2.75, 3.05) is 0 Å². The Labute approximate surface area is 88.8 Å². The van der Waals surface area contributed by atoms with E-state index in [9.17, 15) is 4.21 Å². The van der Waals surface area contributed by atoms with Crippen LogP contribution in [-0.2, 0) is 11.1 Å². The van der Waals surface area contributed by atoms with Crippen LogP contribution in [0.1, 0.15) is 0 Å². The number of rotatable bonds is 1. The van der Waals surface area contributed by atoms with Crippen LogP contribution < -0.4 is 0 Å². The Morgan fingerprint density at radius 1 is 1.07 bits per heavy atom. The smallest absolute Gasteiger partial charge is 0.186 e. The Morgan fingerprint density at radius 3 is 2.43 bits per heavy atom. The zero-order valence-corrected chi connectivity index (χ0v) is 8.68. The molecule has 0 spiro atoms. The lowest BCUT2D eigenvalue weighted by Crippen LogP contribution is -1.87. The molecule has 0 amide bonds. The van der Waals surface area contributed by atoms with Crippen LogP contribution in [0.4, 0.5) is 0 Å². The maximum atomic E-state index is 10.8. The monoisotopic (exact) mass is 226 g/mol. The van der Waals surface area contributed by atoms with Crippen LogP contribution in [0.25, 0.3) is 10.8 Å². The molecule has 4 heteroatoms. The molecule has 0 saturated carbocycles. The molecule has 0 bridgehead atoms. The Morgan fingerprint density at radius 2 is 1.71 bits per heavy atom. The van der Waals surface area contributed by atoms with Crippen molar-refractivity contribution < 1.29 is 8.76 Å². The van der Waals surface area contributed by atoms with Crippen molar-refractivity contribution in [3.05, 3.63) is 41.4 Å². The SMILES string of the molecule is O=S(O)c1ccc2cc(Cl)ccc2c1. The molecule has 0 radical (unpaired) electrons. The van der Waals surface area contributed by atoms with E-state index in [2.05, 4.69) is 0 Å². The number of hydrogen-bond acceptors (Lipinski definition) is 1. The zero-order chi connectivity index (χ0) is 10.1. The van der Waals surface area contributed by atoms with Crippen LogP contribution in [0.3, 0.4) is 0 Å². The molecule has 1 N–H and O–H groups in total. The van der Waals surface area contributed by atoms with Crippen LogP contribution in [-0.4, -0.2) is 8.76 Å². The Hall–Kier alpha value is -0.900. The van der Waals surface area contributed by atoms with Gasteiger partial charge in [-0.1, -0.05) is 23.7 Å². The first-order valence-corrected chi connectivity index (χ1v) is 5.45. The van der Waals surface area contributed by atoms with E-state index in [0.717, 1.165) is 10.8 Å². The van der Waals surface area contributed by atoms with Crippen molar-refractivity contribution in [3.63, 3.8) is 0 Å². The van der Waals surface area contributed by atoms with E-state index in [0.29, 0.717) is 9.92 Å². The molecule has 0 heterocycles. The average Bonchev–Trinajstić information content (AvgIpc) is 2.16. The van der Waals surface area contributed by atoms with Gasteiger partial charge in [-0.25, -0.2) is 4.21 Å². The zero-order valence-electron chi connectivity index (χ0n) is 7.11. The number of halogens is 1. The highest BCUT2D eigenvalue weighted by Gasteiger charge is 2.01. The molecule has 0 aliphatic heterocycles. The van der Waals surface area contributed by atoms with Crippen molar-refractivity contribution in [2.45, 2.75) is 4.90 Å². The fourth-order valence-electron chi connectivity index (χ4n) is 1.30. The second-order valence-electron chi connectivity index (χ2n) is 2.90. The Kier molecular flexibility index (Phi) is 2.54. The molecule has 0 aromatic heterocycles. The summed E-state index contributed by atoms with van der Waals surface area (Å²) in [4.78, 5) is 0.403. The van der Waals surface area contributed by atoms with Gasteiger partial charge in [0.05, 0.1) is 4.90 Å². The third kappa shape index (κ3) is 1.80. The van der Waals surface area contributed by atoms with Crippen molar-refractivity contribution in [1.82, 2.24) is 0 Å². The molecule has 0 fully saturated rings. The second kappa shape index (κ2) is 3.69. The molecule has 2 aromatic rings. The molecule has 2 nitrogen and oxygen atoms in total. The fraction of sp³-hybridized carbons (Fsp3) is 0. The average molecular weight is 227 g/mol. The maximum Gasteiger partial charge on any atom is 0.186 e. The van der Waals surface area contributed by atoms with Crippen LogP contribution in [0, 0.1) is 0 Å². The molecular formula is C10H7ClO2S.